The third kappa shape index (κ3) is 5.29. The Balaban J connectivity index is 1.33. The number of halogens is 2. The highest BCUT2D eigenvalue weighted by atomic mass is 35.5. The monoisotopic (exact) mass is 504 g/mol. The highest BCUT2D eigenvalue weighted by Crippen LogP contribution is 2.31. The van der Waals surface area contributed by atoms with Crippen molar-refractivity contribution in [1.82, 2.24) is 14.8 Å². The number of carbonyl (C=O) groups is 1. The Morgan fingerprint density at radius 2 is 1.83 bits per heavy atom. The summed E-state index contributed by atoms with van der Waals surface area (Å²) in [6, 6.07) is 24.1. The van der Waals surface area contributed by atoms with Crippen molar-refractivity contribution >= 4 is 35.0 Å². The van der Waals surface area contributed by atoms with Gasteiger partial charge in [0.1, 0.15) is 5.82 Å². The largest absolute Gasteiger partial charge is 0.461 e. The van der Waals surface area contributed by atoms with Crippen LogP contribution in [-0.2, 0) is 5.75 Å². The van der Waals surface area contributed by atoms with Gasteiger partial charge in [0, 0.05) is 22.0 Å². The van der Waals surface area contributed by atoms with Gasteiger partial charge in [0.25, 0.3) is 5.91 Å². The number of aromatic nitrogens is 3. The van der Waals surface area contributed by atoms with E-state index in [0.29, 0.717) is 38.8 Å². The Hall–Kier alpha value is -3.88. The van der Waals surface area contributed by atoms with E-state index in [0.717, 1.165) is 11.3 Å². The molecule has 0 saturated carbocycles. The molecule has 6 nitrogen and oxygen atoms in total. The van der Waals surface area contributed by atoms with Crippen LogP contribution in [0.25, 0.3) is 17.3 Å². The van der Waals surface area contributed by atoms with Crippen molar-refractivity contribution in [2.24, 2.45) is 0 Å². The van der Waals surface area contributed by atoms with E-state index in [-0.39, 0.29) is 5.91 Å². The van der Waals surface area contributed by atoms with Gasteiger partial charge in [-0.3, -0.25) is 9.36 Å². The summed E-state index contributed by atoms with van der Waals surface area (Å²) in [5.74, 6) is 1.06. The lowest BCUT2D eigenvalue weighted by Crippen LogP contribution is -2.11. The van der Waals surface area contributed by atoms with E-state index in [1.165, 1.54) is 23.9 Å². The van der Waals surface area contributed by atoms with Gasteiger partial charge in [0.15, 0.2) is 10.9 Å². The molecule has 0 bridgehead atoms. The van der Waals surface area contributed by atoms with Crippen molar-refractivity contribution in [3.05, 3.63) is 113 Å². The zero-order valence-corrected chi connectivity index (χ0v) is 19.8. The molecule has 5 rings (SSSR count). The maximum absolute atomic E-state index is 13.4. The number of nitrogens with one attached hydrogen (secondary N) is 1. The molecular weight excluding hydrogens is 487 g/mol. The lowest BCUT2D eigenvalue weighted by molar-refractivity contribution is 0.102. The first-order chi connectivity index (χ1) is 17.1. The second kappa shape index (κ2) is 10.2. The predicted octanol–water partition coefficient (Wildman–Crippen LogP) is 6.86. The quantitative estimate of drug-likeness (QED) is 0.245. The van der Waals surface area contributed by atoms with Crippen molar-refractivity contribution in [2.75, 3.05) is 5.32 Å². The van der Waals surface area contributed by atoms with Crippen molar-refractivity contribution < 1.29 is 13.6 Å². The molecule has 5 aromatic rings. The molecule has 0 spiro atoms. The van der Waals surface area contributed by atoms with Crippen LogP contribution in [0.4, 0.5) is 10.1 Å². The predicted molar refractivity (Wildman–Crippen MR) is 134 cm³/mol. The van der Waals surface area contributed by atoms with Gasteiger partial charge in [-0.05, 0) is 66.2 Å². The Labute approximate surface area is 209 Å². The molecule has 0 aliphatic carbocycles. The smallest absolute Gasteiger partial charge is 0.255 e. The van der Waals surface area contributed by atoms with Crippen molar-refractivity contribution in [3.8, 4) is 17.3 Å². The molecule has 0 unspecified atom stereocenters. The summed E-state index contributed by atoms with van der Waals surface area (Å²) in [7, 11) is 0. The average Bonchev–Trinajstić information content (AvgIpc) is 3.53. The fourth-order valence-corrected chi connectivity index (χ4v) is 4.54. The van der Waals surface area contributed by atoms with Crippen molar-refractivity contribution in [2.45, 2.75) is 10.9 Å². The minimum atomic E-state index is -0.406. The Bertz CT molecular complexity index is 1470. The molecule has 2 aromatic heterocycles. The summed E-state index contributed by atoms with van der Waals surface area (Å²) in [5, 5.41) is 12.7. The number of anilines is 1. The molecule has 3 aromatic carbocycles. The van der Waals surface area contributed by atoms with E-state index in [2.05, 4.69) is 15.5 Å². The molecule has 174 valence electrons. The molecule has 0 saturated heterocycles. The van der Waals surface area contributed by atoms with E-state index < -0.39 is 5.82 Å². The van der Waals surface area contributed by atoms with Gasteiger partial charge in [-0.15, -0.1) is 10.2 Å². The number of nitrogens with zero attached hydrogens (tertiary/aromatic N) is 3. The van der Waals surface area contributed by atoms with Gasteiger partial charge in [0.05, 0.1) is 12.0 Å². The van der Waals surface area contributed by atoms with Crippen LogP contribution in [0, 0.1) is 5.82 Å². The number of carbonyl (C=O) groups excluding carboxylic acids is 1. The van der Waals surface area contributed by atoms with E-state index >= 15 is 0 Å². The maximum Gasteiger partial charge on any atom is 0.255 e. The van der Waals surface area contributed by atoms with E-state index in [1.807, 2.05) is 41.0 Å². The zero-order valence-electron chi connectivity index (χ0n) is 18.2. The van der Waals surface area contributed by atoms with Gasteiger partial charge in [-0.1, -0.05) is 47.6 Å². The number of benzene rings is 3. The van der Waals surface area contributed by atoms with Crippen LogP contribution in [0.1, 0.15) is 15.9 Å². The molecule has 0 atom stereocenters. The van der Waals surface area contributed by atoms with Gasteiger partial charge >= 0.3 is 0 Å². The first-order valence-corrected chi connectivity index (χ1v) is 12.0. The van der Waals surface area contributed by atoms with Gasteiger partial charge in [-0.25, -0.2) is 4.39 Å². The van der Waals surface area contributed by atoms with Crippen LogP contribution in [0.3, 0.4) is 0 Å². The fourth-order valence-electron chi connectivity index (χ4n) is 3.45. The average molecular weight is 505 g/mol. The van der Waals surface area contributed by atoms with Crippen LogP contribution in [0.5, 0.6) is 0 Å². The molecule has 0 fully saturated rings. The Morgan fingerprint density at radius 3 is 2.57 bits per heavy atom. The third-order valence-electron chi connectivity index (χ3n) is 5.11. The fraction of sp³-hybridized carbons (Fsp3) is 0.0385. The van der Waals surface area contributed by atoms with Crippen LogP contribution in [0.15, 0.2) is 101 Å². The number of furan rings is 1. The second-order valence-corrected chi connectivity index (χ2v) is 8.93. The van der Waals surface area contributed by atoms with E-state index in [4.69, 9.17) is 16.0 Å². The van der Waals surface area contributed by atoms with Crippen LogP contribution < -0.4 is 5.32 Å². The van der Waals surface area contributed by atoms with Gasteiger partial charge in [0.2, 0.25) is 5.82 Å². The Morgan fingerprint density at radius 1 is 1.00 bits per heavy atom. The number of amides is 1. The number of rotatable bonds is 7. The molecule has 0 aliphatic heterocycles. The van der Waals surface area contributed by atoms with Crippen molar-refractivity contribution in [1.29, 1.82) is 0 Å². The van der Waals surface area contributed by atoms with Gasteiger partial charge < -0.3 is 9.73 Å². The number of hydrogen-bond acceptors (Lipinski definition) is 5. The van der Waals surface area contributed by atoms with Crippen LogP contribution in [-0.4, -0.2) is 20.7 Å². The van der Waals surface area contributed by atoms with E-state index in [1.54, 1.807) is 42.7 Å². The summed E-state index contributed by atoms with van der Waals surface area (Å²) >= 11 is 7.73. The normalized spacial score (nSPS) is 10.9. The zero-order chi connectivity index (χ0) is 24.2. The second-order valence-electron chi connectivity index (χ2n) is 7.55. The summed E-state index contributed by atoms with van der Waals surface area (Å²) in [4.78, 5) is 12.5. The molecule has 1 N–H and O–H groups in total. The lowest BCUT2D eigenvalue weighted by atomic mass is 10.1. The molecule has 35 heavy (non-hydrogen) atoms. The summed E-state index contributed by atoms with van der Waals surface area (Å²) < 4.78 is 20.8. The topological polar surface area (TPSA) is 73.0 Å². The van der Waals surface area contributed by atoms with Crippen molar-refractivity contribution in [3.63, 3.8) is 0 Å². The molecule has 9 heteroatoms. The van der Waals surface area contributed by atoms with Crippen LogP contribution >= 0.6 is 23.4 Å². The SMILES string of the molecule is O=C(Nc1cccc(F)c1)c1ccc(CSc2nnc(-c3ccco3)n2-c2cccc(Cl)c2)cc1. The first-order valence-electron chi connectivity index (χ1n) is 10.6. The molecule has 2 heterocycles. The Kier molecular flexibility index (Phi) is 6.65. The minimum Gasteiger partial charge on any atom is -0.461 e. The highest BCUT2D eigenvalue weighted by Gasteiger charge is 2.18. The highest BCUT2D eigenvalue weighted by molar-refractivity contribution is 7.98. The maximum atomic E-state index is 13.4. The lowest BCUT2D eigenvalue weighted by Gasteiger charge is -2.10. The van der Waals surface area contributed by atoms with Crippen LogP contribution in [0.2, 0.25) is 5.02 Å². The molecule has 0 aliphatic rings. The summed E-state index contributed by atoms with van der Waals surface area (Å²) in [6.07, 6.45) is 1.59. The first kappa shape index (κ1) is 22.9. The standard InChI is InChI=1S/C26H18ClFN4O2S/c27-19-4-1-7-22(14-19)32-24(23-8-3-13-34-23)30-31-26(32)35-16-17-9-11-18(12-10-17)25(33)29-21-6-2-5-20(28)15-21/h1-15H,16H2,(H,29,33). The summed E-state index contributed by atoms with van der Waals surface area (Å²) in [5.41, 5.74) is 2.70. The van der Waals surface area contributed by atoms with E-state index in [9.17, 15) is 9.18 Å². The minimum absolute atomic E-state index is 0.307. The number of hydrogen-bond donors (Lipinski definition) is 1. The van der Waals surface area contributed by atoms with Gasteiger partial charge in [-0.2, -0.15) is 0 Å². The molecule has 0 radical (unpaired) electrons. The molecule has 1 amide bonds. The summed E-state index contributed by atoms with van der Waals surface area (Å²) in [6.45, 7) is 0. The number of thioether (sulfide) groups is 1. The molecular formula is C26H18ClFN4O2S. The third-order valence-corrected chi connectivity index (χ3v) is 6.34.